The topological polar surface area (TPSA) is 80.6 Å². The molecule has 1 saturated heterocycles. The summed E-state index contributed by atoms with van der Waals surface area (Å²) in [6.45, 7) is 5.10. The van der Waals surface area contributed by atoms with Gasteiger partial charge in [-0.2, -0.15) is 0 Å². The summed E-state index contributed by atoms with van der Waals surface area (Å²) in [6.07, 6.45) is 7.83. The first kappa shape index (κ1) is 21.5. The summed E-state index contributed by atoms with van der Waals surface area (Å²) in [4.78, 5) is 14.4. The number of hydrogen-bond acceptors (Lipinski definition) is 4. The van der Waals surface area contributed by atoms with Crippen LogP contribution >= 0.6 is 0 Å². The number of aryl methyl sites for hydroxylation is 2. The molecule has 4 rings (SSSR count). The third-order valence-electron chi connectivity index (χ3n) is 5.65. The SMILES string of the molecule is C=CCN1CC(S(=O)(=O)[N-]C(=O)Nc2c3c(cc4c2CCC4)CCC3)C1.[K+]. The largest absolute Gasteiger partial charge is 1.00 e. The first-order chi connectivity index (χ1) is 12.5. The molecule has 2 aliphatic carbocycles. The first-order valence-electron chi connectivity index (χ1n) is 9.25. The van der Waals surface area contributed by atoms with Crippen molar-refractivity contribution >= 4 is 21.7 Å². The summed E-state index contributed by atoms with van der Waals surface area (Å²) in [5, 5.41) is 2.23. The van der Waals surface area contributed by atoms with Gasteiger partial charge in [-0.15, -0.1) is 6.58 Å². The van der Waals surface area contributed by atoms with Crippen molar-refractivity contribution in [1.82, 2.24) is 4.90 Å². The van der Waals surface area contributed by atoms with Crippen LogP contribution < -0.4 is 56.7 Å². The second-order valence-electron chi connectivity index (χ2n) is 7.40. The molecule has 0 spiro atoms. The second-order valence-corrected chi connectivity index (χ2v) is 9.28. The van der Waals surface area contributed by atoms with Gasteiger partial charge in [0.25, 0.3) is 0 Å². The minimum absolute atomic E-state index is 0. The zero-order valence-corrected chi connectivity index (χ0v) is 19.8. The molecule has 1 fully saturated rings. The number of nitrogens with one attached hydrogen (secondary N) is 1. The monoisotopic (exact) mass is 413 g/mol. The molecule has 0 aromatic heterocycles. The molecule has 2 amide bonds. The maximum Gasteiger partial charge on any atom is 1.00 e. The second kappa shape index (κ2) is 8.65. The van der Waals surface area contributed by atoms with E-state index in [1.165, 1.54) is 22.3 Å². The molecule has 0 radical (unpaired) electrons. The van der Waals surface area contributed by atoms with E-state index in [-0.39, 0.29) is 51.4 Å². The van der Waals surface area contributed by atoms with Gasteiger partial charge in [0.15, 0.2) is 16.1 Å². The van der Waals surface area contributed by atoms with Crippen molar-refractivity contribution in [2.24, 2.45) is 0 Å². The number of carbonyl (C=O) groups is 1. The minimum Gasteiger partial charge on any atom is -0.423 e. The van der Waals surface area contributed by atoms with Crippen molar-refractivity contribution in [3.05, 3.63) is 45.7 Å². The van der Waals surface area contributed by atoms with Gasteiger partial charge < -0.3 is 10.0 Å². The van der Waals surface area contributed by atoms with Crippen LogP contribution in [-0.4, -0.2) is 44.2 Å². The molecule has 1 aliphatic heterocycles. The number of rotatable bonds is 5. The van der Waals surface area contributed by atoms with Crippen LogP contribution in [0.2, 0.25) is 0 Å². The number of anilines is 1. The maximum absolute atomic E-state index is 12.4. The molecule has 6 nitrogen and oxygen atoms in total. The Morgan fingerprint density at radius 3 is 2.33 bits per heavy atom. The molecule has 0 saturated carbocycles. The smallest absolute Gasteiger partial charge is 0.423 e. The average Bonchev–Trinajstić information content (AvgIpc) is 3.18. The van der Waals surface area contributed by atoms with E-state index < -0.39 is 21.3 Å². The normalized spacial score (nSPS) is 18.8. The van der Waals surface area contributed by atoms with E-state index >= 15 is 0 Å². The average molecular weight is 414 g/mol. The number of carbonyl (C=O) groups excluding carboxylic acids is 1. The quantitative estimate of drug-likeness (QED) is 0.534. The predicted molar refractivity (Wildman–Crippen MR) is 102 cm³/mol. The molecular formula is C19H24KN3O3S. The van der Waals surface area contributed by atoms with E-state index in [1.54, 1.807) is 6.08 Å². The Bertz CT molecular complexity index is 831. The van der Waals surface area contributed by atoms with E-state index in [9.17, 15) is 13.2 Å². The minimum atomic E-state index is -3.79. The number of sulfonamides is 1. The third kappa shape index (κ3) is 4.37. The van der Waals surface area contributed by atoms with Crippen molar-refractivity contribution in [1.29, 1.82) is 0 Å². The maximum atomic E-state index is 12.4. The standard InChI is InChI=1S/C19H25N3O3S.K/c1-2-9-22-11-15(12-22)26(24,25)21-19(23)20-18-16-7-3-5-13(16)10-14-6-4-8-17(14)18;/h2,10,15H,1,3-9,11-12H2,(H2,20,21,23);/q;+1/p-1. The van der Waals surface area contributed by atoms with Crippen LogP contribution in [0, 0.1) is 0 Å². The Hall–Kier alpha value is -0.224. The van der Waals surface area contributed by atoms with Gasteiger partial charge in [-0.1, -0.05) is 12.1 Å². The van der Waals surface area contributed by atoms with E-state index in [0.29, 0.717) is 19.6 Å². The molecule has 1 aromatic carbocycles. The van der Waals surface area contributed by atoms with Gasteiger partial charge in [-0.25, -0.2) is 8.42 Å². The Morgan fingerprint density at radius 1 is 1.19 bits per heavy atom. The zero-order chi connectivity index (χ0) is 18.3. The summed E-state index contributed by atoms with van der Waals surface area (Å²) >= 11 is 0. The summed E-state index contributed by atoms with van der Waals surface area (Å²) < 4.78 is 28.2. The van der Waals surface area contributed by atoms with Gasteiger partial charge in [0.2, 0.25) is 0 Å². The van der Waals surface area contributed by atoms with Crippen molar-refractivity contribution in [3.63, 3.8) is 0 Å². The number of benzene rings is 1. The van der Waals surface area contributed by atoms with Gasteiger partial charge in [0.1, 0.15) is 0 Å². The first-order valence-corrected chi connectivity index (χ1v) is 10.8. The summed E-state index contributed by atoms with van der Waals surface area (Å²) in [5.74, 6) is 0. The van der Waals surface area contributed by atoms with Crippen molar-refractivity contribution < 1.29 is 64.6 Å². The van der Waals surface area contributed by atoms with Crippen molar-refractivity contribution in [2.75, 3.05) is 25.0 Å². The number of nitrogens with zero attached hydrogens (tertiary/aromatic N) is 2. The molecule has 8 heteroatoms. The number of fused-ring (bicyclic) bond motifs is 2. The Labute approximate surface area is 203 Å². The van der Waals surface area contributed by atoms with Crippen LogP contribution in [0.5, 0.6) is 0 Å². The molecule has 1 heterocycles. The molecule has 27 heavy (non-hydrogen) atoms. The zero-order valence-electron chi connectivity index (χ0n) is 15.8. The Kier molecular flexibility index (Phi) is 6.88. The fourth-order valence-electron chi connectivity index (χ4n) is 4.33. The number of urea groups is 1. The number of hydrogen-bond donors (Lipinski definition) is 1. The van der Waals surface area contributed by atoms with Crippen LogP contribution in [0.25, 0.3) is 4.72 Å². The van der Waals surface area contributed by atoms with Gasteiger partial charge in [0.05, 0.1) is 5.25 Å². The summed E-state index contributed by atoms with van der Waals surface area (Å²) in [5.41, 5.74) is 5.77. The molecule has 0 bridgehead atoms. The molecule has 0 unspecified atom stereocenters. The van der Waals surface area contributed by atoms with Crippen LogP contribution in [0.1, 0.15) is 35.1 Å². The fraction of sp³-hybridized carbons (Fsp3) is 0.526. The van der Waals surface area contributed by atoms with Gasteiger partial charge in [0, 0.05) is 19.6 Å². The van der Waals surface area contributed by atoms with Gasteiger partial charge in [-0.05, 0) is 66.5 Å². The van der Waals surface area contributed by atoms with Gasteiger partial charge in [-0.3, -0.25) is 9.69 Å². The molecule has 3 aliphatic rings. The molecule has 140 valence electrons. The van der Waals surface area contributed by atoms with E-state index in [4.69, 9.17) is 0 Å². The number of amides is 2. The fourth-order valence-corrected chi connectivity index (χ4v) is 5.55. The van der Waals surface area contributed by atoms with E-state index in [2.05, 4.69) is 22.7 Å². The summed E-state index contributed by atoms with van der Waals surface area (Å²) in [7, 11) is -3.79. The van der Waals surface area contributed by atoms with E-state index in [1.807, 2.05) is 4.90 Å². The molecule has 0 atom stereocenters. The molecular weight excluding hydrogens is 389 g/mol. The van der Waals surface area contributed by atoms with Gasteiger partial charge >= 0.3 is 51.4 Å². The van der Waals surface area contributed by atoms with Crippen molar-refractivity contribution in [2.45, 2.75) is 43.8 Å². The Morgan fingerprint density at radius 2 is 1.78 bits per heavy atom. The van der Waals surface area contributed by atoms with Crippen LogP contribution in [0.15, 0.2) is 18.7 Å². The molecule has 1 aromatic rings. The Balaban J connectivity index is 0.00000210. The predicted octanol–water partition coefficient (Wildman–Crippen LogP) is -0.226. The van der Waals surface area contributed by atoms with Crippen LogP contribution in [-0.2, 0) is 35.7 Å². The van der Waals surface area contributed by atoms with E-state index in [0.717, 1.165) is 44.2 Å². The van der Waals surface area contributed by atoms with Crippen LogP contribution in [0.3, 0.4) is 0 Å². The molecule has 1 N–H and O–H groups in total. The van der Waals surface area contributed by atoms with Crippen LogP contribution in [0.4, 0.5) is 10.5 Å². The third-order valence-corrected chi connectivity index (χ3v) is 7.21. The summed E-state index contributed by atoms with van der Waals surface area (Å²) in [6, 6.07) is 1.51. The van der Waals surface area contributed by atoms with Crippen molar-refractivity contribution in [3.8, 4) is 0 Å². The number of likely N-dealkylation sites (tertiary alicyclic amines) is 1.